The van der Waals surface area contributed by atoms with Crippen molar-refractivity contribution in [2.75, 3.05) is 12.0 Å². The topological polar surface area (TPSA) is 80.0 Å². The minimum atomic E-state index is -0.841. The first-order chi connectivity index (χ1) is 16.4. The Hall–Kier alpha value is -3.84. The molecule has 1 atom stereocenters. The van der Waals surface area contributed by atoms with Gasteiger partial charge in [0.05, 0.1) is 18.7 Å². The molecule has 0 fully saturated rings. The minimum Gasteiger partial charge on any atom is -0.503 e. The van der Waals surface area contributed by atoms with Crippen LogP contribution in [0.2, 0.25) is 0 Å². The number of ether oxygens (including phenoxy) is 1. The fourth-order valence-corrected chi connectivity index (χ4v) is 4.66. The number of hydrogen-bond acceptors (Lipinski definition) is 5. The summed E-state index contributed by atoms with van der Waals surface area (Å²) >= 11 is 3.42. The highest BCUT2D eigenvalue weighted by Gasteiger charge is 2.45. The quantitative estimate of drug-likeness (QED) is 0.314. The summed E-state index contributed by atoms with van der Waals surface area (Å²) in [6, 6.07) is 20.6. The molecular weight excluding hydrogens is 498 g/mol. The largest absolute Gasteiger partial charge is 0.503 e. The van der Waals surface area contributed by atoms with Crippen molar-refractivity contribution in [1.29, 1.82) is 0 Å². The molecule has 0 aliphatic carbocycles. The van der Waals surface area contributed by atoms with E-state index >= 15 is 0 Å². The number of aliphatic hydroxyl groups is 1. The van der Waals surface area contributed by atoms with Gasteiger partial charge in [0.1, 0.15) is 11.3 Å². The molecule has 0 spiro atoms. The highest BCUT2D eigenvalue weighted by Crippen LogP contribution is 2.43. The van der Waals surface area contributed by atoms with Crippen LogP contribution in [0.3, 0.4) is 0 Å². The molecule has 170 valence electrons. The van der Waals surface area contributed by atoms with E-state index in [1.165, 1.54) is 12.0 Å². The van der Waals surface area contributed by atoms with Crippen LogP contribution < -0.4 is 9.64 Å². The van der Waals surface area contributed by atoms with Crippen molar-refractivity contribution in [2.45, 2.75) is 13.0 Å². The molecule has 7 heteroatoms. The minimum absolute atomic E-state index is 0.0310. The van der Waals surface area contributed by atoms with Gasteiger partial charge in [0.25, 0.3) is 5.91 Å². The Kier molecular flexibility index (Phi) is 5.49. The zero-order chi connectivity index (χ0) is 24.0. The number of aliphatic hydroxyl groups excluding tert-OH is 1. The molecule has 0 saturated carbocycles. The van der Waals surface area contributed by atoms with Crippen LogP contribution in [0.15, 0.2) is 93.0 Å². The van der Waals surface area contributed by atoms with Gasteiger partial charge in [-0.3, -0.25) is 14.5 Å². The summed E-state index contributed by atoms with van der Waals surface area (Å²) < 4.78 is 12.0. The van der Waals surface area contributed by atoms with E-state index in [1.54, 1.807) is 36.4 Å². The van der Waals surface area contributed by atoms with Crippen molar-refractivity contribution in [3.63, 3.8) is 0 Å². The average Bonchev–Trinajstić information content (AvgIpc) is 3.37. The van der Waals surface area contributed by atoms with Gasteiger partial charge in [-0.15, -0.1) is 0 Å². The van der Waals surface area contributed by atoms with Gasteiger partial charge < -0.3 is 14.3 Å². The van der Waals surface area contributed by atoms with Crippen LogP contribution in [0.5, 0.6) is 5.75 Å². The van der Waals surface area contributed by atoms with Gasteiger partial charge in [-0.2, -0.15) is 0 Å². The lowest BCUT2D eigenvalue weighted by Crippen LogP contribution is -2.31. The molecule has 1 aromatic heterocycles. The lowest BCUT2D eigenvalue weighted by Gasteiger charge is -2.27. The predicted molar refractivity (Wildman–Crippen MR) is 132 cm³/mol. The molecule has 3 aromatic carbocycles. The molecule has 1 amide bonds. The third-order valence-corrected chi connectivity index (χ3v) is 6.34. The van der Waals surface area contributed by atoms with E-state index in [1.807, 2.05) is 43.3 Å². The van der Waals surface area contributed by atoms with Gasteiger partial charge in [-0.1, -0.05) is 51.8 Å². The second kappa shape index (κ2) is 8.50. The zero-order valence-corrected chi connectivity index (χ0v) is 20.0. The Labute approximate surface area is 204 Å². The van der Waals surface area contributed by atoms with Crippen molar-refractivity contribution in [1.82, 2.24) is 0 Å². The number of ketones is 1. The normalized spacial score (nSPS) is 15.9. The molecule has 1 N–H and O–H groups in total. The van der Waals surface area contributed by atoms with Crippen LogP contribution >= 0.6 is 15.9 Å². The smallest absolute Gasteiger partial charge is 0.294 e. The van der Waals surface area contributed by atoms with E-state index in [2.05, 4.69) is 15.9 Å². The summed E-state index contributed by atoms with van der Waals surface area (Å²) in [5.41, 5.74) is 2.66. The molecule has 2 heterocycles. The maximum Gasteiger partial charge on any atom is 0.294 e. The SMILES string of the molecule is COc1cccc(N2C(=O)C(O)=C(C(=O)c3cc4cc(Br)ccc4o3)C2c2cccc(C)c2)c1. The number of nitrogens with zero attached hydrogens (tertiary/aromatic N) is 1. The second-order valence-corrected chi connectivity index (χ2v) is 8.99. The van der Waals surface area contributed by atoms with Crippen molar-refractivity contribution in [2.24, 2.45) is 0 Å². The summed E-state index contributed by atoms with van der Waals surface area (Å²) in [4.78, 5) is 28.4. The van der Waals surface area contributed by atoms with Crippen LogP contribution in [0, 0.1) is 6.92 Å². The number of carbonyl (C=O) groups excluding carboxylic acids is 2. The number of Topliss-reactive ketones (excluding diaryl/α,β-unsaturated/α-hetero) is 1. The molecule has 0 saturated heterocycles. The number of aryl methyl sites for hydroxylation is 1. The monoisotopic (exact) mass is 517 g/mol. The molecule has 5 rings (SSSR count). The van der Waals surface area contributed by atoms with Gasteiger partial charge in [-0.25, -0.2) is 0 Å². The number of benzene rings is 3. The molecule has 34 heavy (non-hydrogen) atoms. The van der Waals surface area contributed by atoms with Crippen molar-refractivity contribution >= 4 is 44.3 Å². The van der Waals surface area contributed by atoms with E-state index in [-0.39, 0.29) is 11.3 Å². The number of methoxy groups -OCH3 is 1. The lowest BCUT2D eigenvalue weighted by molar-refractivity contribution is -0.117. The number of fused-ring (bicyclic) bond motifs is 1. The molecular formula is C27H20BrNO5. The Morgan fingerprint density at radius 2 is 1.85 bits per heavy atom. The summed E-state index contributed by atoms with van der Waals surface area (Å²) in [6.45, 7) is 1.93. The molecule has 1 unspecified atom stereocenters. The maximum absolute atomic E-state index is 13.7. The fraction of sp³-hybridized carbons (Fsp3) is 0.111. The molecule has 0 bridgehead atoms. The highest BCUT2D eigenvalue weighted by atomic mass is 79.9. The van der Waals surface area contributed by atoms with Gasteiger partial charge in [-0.05, 0) is 48.9 Å². The first kappa shape index (κ1) is 22.0. The number of rotatable bonds is 5. The molecule has 4 aromatic rings. The first-order valence-electron chi connectivity index (χ1n) is 10.6. The Morgan fingerprint density at radius 1 is 1.06 bits per heavy atom. The Morgan fingerprint density at radius 3 is 2.62 bits per heavy atom. The van der Waals surface area contributed by atoms with Gasteiger partial charge >= 0.3 is 0 Å². The number of amides is 1. The maximum atomic E-state index is 13.7. The van der Waals surface area contributed by atoms with Crippen molar-refractivity contribution in [3.05, 3.63) is 105 Å². The fourth-order valence-electron chi connectivity index (χ4n) is 4.28. The predicted octanol–water partition coefficient (Wildman–Crippen LogP) is 6.30. The lowest BCUT2D eigenvalue weighted by atomic mass is 9.94. The summed E-state index contributed by atoms with van der Waals surface area (Å²) in [6.07, 6.45) is 0. The Bertz CT molecular complexity index is 1490. The van der Waals surface area contributed by atoms with Crippen LogP contribution in [-0.2, 0) is 4.79 Å². The molecule has 0 radical (unpaired) electrons. The number of furan rings is 1. The third kappa shape index (κ3) is 3.68. The summed E-state index contributed by atoms with van der Waals surface area (Å²) in [5, 5.41) is 11.7. The summed E-state index contributed by atoms with van der Waals surface area (Å²) in [5.74, 6) is -1.21. The van der Waals surface area contributed by atoms with E-state index in [4.69, 9.17) is 9.15 Å². The van der Waals surface area contributed by atoms with Crippen LogP contribution in [-0.4, -0.2) is 23.9 Å². The van der Waals surface area contributed by atoms with E-state index in [9.17, 15) is 14.7 Å². The van der Waals surface area contributed by atoms with E-state index in [0.29, 0.717) is 22.6 Å². The number of carbonyl (C=O) groups is 2. The highest BCUT2D eigenvalue weighted by molar-refractivity contribution is 9.10. The average molecular weight is 518 g/mol. The van der Waals surface area contributed by atoms with Crippen LogP contribution in [0.4, 0.5) is 5.69 Å². The first-order valence-corrected chi connectivity index (χ1v) is 11.4. The standard InChI is InChI=1S/C27H20BrNO5/c1-15-5-3-6-16(11-15)24-23(25(30)22-13-17-12-18(28)9-10-21(17)34-22)26(31)27(32)29(24)19-7-4-8-20(14-19)33-2/h3-14,24,31H,1-2H3. The third-order valence-electron chi connectivity index (χ3n) is 5.84. The molecule has 1 aliphatic rings. The Balaban J connectivity index is 1.67. The number of anilines is 1. The van der Waals surface area contributed by atoms with Gasteiger partial charge in [0.15, 0.2) is 11.5 Å². The molecule has 6 nitrogen and oxygen atoms in total. The van der Waals surface area contributed by atoms with Crippen molar-refractivity contribution in [3.8, 4) is 5.75 Å². The van der Waals surface area contributed by atoms with E-state index in [0.717, 1.165) is 15.4 Å². The second-order valence-electron chi connectivity index (χ2n) is 8.08. The van der Waals surface area contributed by atoms with Crippen LogP contribution in [0.1, 0.15) is 27.7 Å². The van der Waals surface area contributed by atoms with Gasteiger partial charge in [0, 0.05) is 21.6 Å². The summed E-state index contributed by atoms with van der Waals surface area (Å²) in [7, 11) is 1.54. The molecule has 1 aliphatic heterocycles. The van der Waals surface area contributed by atoms with Crippen LogP contribution in [0.25, 0.3) is 11.0 Å². The number of halogens is 1. The number of hydrogen-bond donors (Lipinski definition) is 1. The van der Waals surface area contributed by atoms with E-state index < -0.39 is 23.5 Å². The van der Waals surface area contributed by atoms with Gasteiger partial charge in [0.2, 0.25) is 5.78 Å². The van der Waals surface area contributed by atoms with Crippen molar-refractivity contribution < 1.29 is 23.8 Å². The zero-order valence-electron chi connectivity index (χ0n) is 18.4.